The van der Waals surface area contributed by atoms with E-state index in [2.05, 4.69) is 6.07 Å². The minimum Gasteiger partial charge on any atom is -0.392 e. The molecule has 5 heteroatoms. The molecule has 1 aromatic heterocycles. The summed E-state index contributed by atoms with van der Waals surface area (Å²) in [5, 5.41) is 29.0. The van der Waals surface area contributed by atoms with E-state index in [1.165, 1.54) is 4.57 Å². The number of nitrogens with zero attached hydrogens (tertiary/aromatic N) is 3. The predicted octanol–water partition coefficient (Wildman–Crippen LogP) is 4.20. The van der Waals surface area contributed by atoms with Crippen LogP contribution in [0.25, 0.3) is 27.7 Å². The van der Waals surface area contributed by atoms with Gasteiger partial charge in [0.15, 0.2) is 0 Å². The summed E-state index contributed by atoms with van der Waals surface area (Å²) < 4.78 is 1.48. The second kappa shape index (κ2) is 7.67. The number of aryl methyl sites for hydroxylation is 1. The van der Waals surface area contributed by atoms with E-state index >= 15 is 0 Å². The van der Waals surface area contributed by atoms with Gasteiger partial charge in [0.1, 0.15) is 11.6 Å². The van der Waals surface area contributed by atoms with Crippen LogP contribution >= 0.6 is 0 Å². The summed E-state index contributed by atoms with van der Waals surface area (Å²) in [6.45, 7) is 1.78. The Morgan fingerprint density at radius 3 is 2.40 bits per heavy atom. The van der Waals surface area contributed by atoms with Gasteiger partial charge in [0.2, 0.25) is 0 Å². The molecule has 4 aromatic rings. The summed E-state index contributed by atoms with van der Waals surface area (Å²) in [4.78, 5) is 13.1. The maximum Gasteiger partial charge on any atom is 0.273 e. The third-order valence-corrected chi connectivity index (χ3v) is 5.17. The Bertz CT molecular complexity index is 1440. The van der Waals surface area contributed by atoms with Crippen LogP contribution < -0.4 is 5.56 Å². The molecule has 0 fully saturated rings. The van der Waals surface area contributed by atoms with Gasteiger partial charge in [-0.2, -0.15) is 10.5 Å². The number of hydrogen-bond acceptors (Lipinski definition) is 4. The van der Waals surface area contributed by atoms with Crippen LogP contribution in [-0.2, 0) is 6.61 Å². The van der Waals surface area contributed by atoms with E-state index in [0.717, 1.165) is 27.6 Å². The van der Waals surface area contributed by atoms with Crippen molar-refractivity contribution in [1.29, 1.82) is 10.5 Å². The van der Waals surface area contributed by atoms with Gasteiger partial charge in [-0.3, -0.25) is 9.36 Å². The number of fused-ring (bicyclic) bond motifs is 1. The molecule has 0 radical (unpaired) electrons. The van der Waals surface area contributed by atoms with Crippen molar-refractivity contribution < 1.29 is 5.11 Å². The first-order chi connectivity index (χ1) is 14.5. The molecule has 30 heavy (non-hydrogen) atoms. The maximum atomic E-state index is 13.1. The molecular weight excluding hydrogens is 374 g/mol. The zero-order valence-corrected chi connectivity index (χ0v) is 16.3. The van der Waals surface area contributed by atoms with Crippen molar-refractivity contribution >= 4 is 10.9 Å². The quantitative estimate of drug-likeness (QED) is 0.567. The van der Waals surface area contributed by atoms with Crippen molar-refractivity contribution in [3.63, 3.8) is 0 Å². The highest BCUT2D eigenvalue weighted by Crippen LogP contribution is 2.27. The lowest BCUT2D eigenvalue weighted by Gasteiger charge is -2.14. The summed E-state index contributed by atoms with van der Waals surface area (Å²) in [5.74, 6) is 0. The van der Waals surface area contributed by atoms with Crippen LogP contribution in [-0.4, -0.2) is 9.67 Å². The van der Waals surface area contributed by atoms with Crippen LogP contribution in [0.1, 0.15) is 22.3 Å². The molecule has 0 aliphatic heterocycles. The lowest BCUT2D eigenvalue weighted by atomic mass is 10.0. The molecular formula is C25H17N3O2. The normalized spacial score (nSPS) is 10.5. The number of aromatic nitrogens is 1. The second-order valence-electron chi connectivity index (χ2n) is 7.05. The smallest absolute Gasteiger partial charge is 0.273 e. The average molecular weight is 391 g/mol. The SMILES string of the molecule is Cc1ccc(-n2c(=O)c(C#N)cc3ccc(-c4cccc(CO)c4)cc32)cc1C#N. The lowest BCUT2D eigenvalue weighted by molar-refractivity contribution is 0.282. The molecule has 0 saturated carbocycles. The van der Waals surface area contributed by atoms with Crippen LogP contribution in [0, 0.1) is 29.6 Å². The molecule has 0 saturated heterocycles. The topological polar surface area (TPSA) is 89.8 Å². The predicted molar refractivity (Wildman–Crippen MR) is 115 cm³/mol. The fourth-order valence-electron chi connectivity index (χ4n) is 3.54. The third kappa shape index (κ3) is 3.24. The number of rotatable bonds is 3. The summed E-state index contributed by atoms with van der Waals surface area (Å²) >= 11 is 0. The van der Waals surface area contributed by atoms with E-state index in [4.69, 9.17) is 0 Å². The first-order valence-electron chi connectivity index (χ1n) is 9.37. The summed E-state index contributed by atoms with van der Waals surface area (Å²) in [5.41, 5.74) is 4.65. The summed E-state index contributed by atoms with van der Waals surface area (Å²) in [7, 11) is 0. The fourth-order valence-corrected chi connectivity index (χ4v) is 3.54. The number of nitriles is 2. The second-order valence-corrected chi connectivity index (χ2v) is 7.05. The highest BCUT2D eigenvalue weighted by molar-refractivity contribution is 5.87. The third-order valence-electron chi connectivity index (χ3n) is 5.17. The van der Waals surface area contributed by atoms with E-state index < -0.39 is 5.56 Å². The van der Waals surface area contributed by atoms with Gasteiger partial charge in [0.25, 0.3) is 5.56 Å². The molecule has 0 aliphatic rings. The van der Waals surface area contributed by atoms with Crippen molar-refractivity contribution in [3.05, 3.63) is 99.3 Å². The number of aliphatic hydroxyl groups excluding tert-OH is 1. The van der Waals surface area contributed by atoms with Crippen LogP contribution in [0.5, 0.6) is 0 Å². The monoisotopic (exact) mass is 391 g/mol. The molecule has 0 aliphatic carbocycles. The van der Waals surface area contributed by atoms with Crippen molar-refractivity contribution in [3.8, 4) is 29.0 Å². The van der Waals surface area contributed by atoms with Gasteiger partial charge in [-0.1, -0.05) is 36.4 Å². The summed E-state index contributed by atoms with van der Waals surface area (Å²) in [6, 6.07) is 24.2. The van der Waals surface area contributed by atoms with Crippen LogP contribution in [0.15, 0.2) is 71.5 Å². The molecule has 3 aromatic carbocycles. The first-order valence-corrected chi connectivity index (χ1v) is 9.37. The first kappa shape index (κ1) is 19.1. The van der Waals surface area contributed by atoms with Gasteiger partial charge >= 0.3 is 0 Å². The fraction of sp³-hybridized carbons (Fsp3) is 0.0800. The standard InChI is InChI=1S/C25H17N3O2/c1-16-5-8-23(11-21(16)13-26)28-24-12-19(18-4-2-3-17(9-18)15-29)6-7-20(24)10-22(14-27)25(28)30/h2-12,29H,15H2,1H3. The lowest BCUT2D eigenvalue weighted by Crippen LogP contribution is -2.21. The van der Waals surface area contributed by atoms with Crippen LogP contribution in [0.4, 0.5) is 0 Å². The van der Waals surface area contributed by atoms with Gasteiger partial charge in [-0.25, -0.2) is 0 Å². The molecule has 0 amide bonds. The Morgan fingerprint density at radius 1 is 0.900 bits per heavy atom. The summed E-state index contributed by atoms with van der Waals surface area (Å²) in [6.07, 6.45) is 0. The molecule has 1 heterocycles. The van der Waals surface area contributed by atoms with Crippen LogP contribution in [0.3, 0.4) is 0 Å². The highest BCUT2D eigenvalue weighted by atomic mass is 16.3. The number of pyridine rings is 1. The van der Waals surface area contributed by atoms with Crippen LogP contribution in [0.2, 0.25) is 0 Å². The molecule has 144 valence electrons. The Kier molecular flexibility index (Phi) is 4.90. The van der Waals surface area contributed by atoms with Gasteiger partial charge in [0.05, 0.1) is 29.4 Å². The van der Waals surface area contributed by atoms with Crippen molar-refractivity contribution in [1.82, 2.24) is 4.57 Å². The molecule has 0 bridgehead atoms. The van der Waals surface area contributed by atoms with Gasteiger partial charge in [-0.15, -0.1) is 0 Å². The van der Waals surface area contributed by atoms with E-state index in [-0.39, 0.29) is 12.2 Å². The van der Waals surface area contributed by atoms with Gasteiger partial charge in [0, 0.05) is 5.39 Å². The molecule has 4 rings (SSSR count). The molecule has 0 atom stereocenters. The molecule has 5 nitrogen and oxygen atoms in total. The van der Waals surface area contributed by atoms with E-state index in [0.29, 0.717) is 16.8 Å². The van der Waals surface area contributed by atoms with E-state index in [9.17, 15) is 20.4 Å². The zero-order valence-electron chi connectivity index (χ0n) is 16.3. The van der Waals surface area contributed by atoms with E-state index in [1.807, 2.05) is 55.5 Å². The van der Waals surface area contributed by atoms with Crippen molar-refractivity contribution in [2.24, 2.45) is 0 Å². The van der Waals surface area contributed by atoms with Crippen molar-refractivity contribution in [2.75, 3.05) is 0 Å². The zero-order chi connectivity index (χ0) is 21.3. The molecule has 1 N–H and O–H groups in total. The molecule has 0 unspecified atom stereocenters. The number of aliphatic hydroxyl groups is 1. The van der Waals surface area contributed by atoms with Gasteiger partial charge in [-0.05, 0) is 59.5 Å². The largest absolute Gasteiger partial charge is 0.392 e. The van der Waals surface area contributed by atoms with E-state index in [1.54, 1.807) is 24.3 Å². The minimum absolute atomic E-state index is 0.0385. The average Bonchev–Trinajstić information content (AvgIpc) is 2.79. The number of benzene rings is 3. The Hall–Kier alpha value is -4.19. The number of hydrogen-bond donors (Lipinski definition) is 1. The maximum absolute atomic E-state index is 13.1. The van der Waals surface area contributed by atoms with Crippen molar-refractivity contribution in [2.45, 2.75) is 13.5 Å². The Labute approximate surface area is 173 Å². The Morgan fingerprint density at radius 2 is 1.67 bits per heavy atom. The highest BCUT2D eigenvalue weighted by Gasteiger charge is 2.13. The minimum atomic E-state index is -0.431. The molecule has 0 spiro atoms. The van der Waals surface area contributed by atoms with Gasteiger partial charge < -0.3 is 5.11 Å². The Balaban J connectivity index is 2.04.